The van der Waals surface area contributed by atoms with E-state index in [1.165, 1.54) is 4.52 Å². The van der Waals surface area contributed by atoms with E-state index in [2.05, 4.69) is 21.0 Å². The number of fused-ring (bicyclic) bond motifs is 1. The predicted molar refractivity (Wildman–Crippen MR) is 64.2 cm³/mol. The predicted octanol–water partition coefficient (Wildman–Crippen LogP) is 2.09. The molecule has 0 aliphatic carbocycles. The topological polar surface area (TPSA) is 60.7 Å². The highest BCUT2D eigenvalue weighted by Gasteiger charge is 2.20. The summed E-state index contributed by atoms with van der Waals surface area (Å²) in [7, 11) is 0. The van der Waals surface area contributed by atoms with Crippen LogP contribution in [-0.4, -0.2) is 28.5 Å². The lowest BCUT2D eigenvalue weighted by Gasteiger charge is -1.97. The molecular weight excluding hydrogens is 288 g/mol. The molecule has 5 nitrogen and oxygen atoms in total. The highest BCUT2D eigenvalue weighted by atomic mass is 79.9. The molecule has 0 bridgehead atoms. The molecular formula is C11H9BrN2O3. The largest absolute Gasteiger partial charge is 0.461 e. The first-order chi connectivity index (χ1) is 8.19. The number of nitrogens with zero attached hydrogens (tertiary/aromatic N) is 2. The lowest BCUT2D eigenvalue weighted by atomic mass is 10.2. The van der Waals surface area contributed by atoms with E-state index >= 15 is 0 Å². The number of pyridine rings is 1. The Kier molecular flexibility index (Phi) is 3.23. The molecule has 0 aliphatic rings. The van der Waals surface area contributed by atoms with Gasteiger partial charge in [0.25, 0.3) is 0 Å². The molecule has 2 aromatic rings. The normalized spacial score (nSPS) is 10.5. The smallest absolute Gasteiger partial charge is 0.359 e. The van der Waals surface area contributed by atoms with Crippen molar-refractivity contribution in [1.82, 2.24) is 9.61 Å². The van der Waals surface area contributed by atoms with Crippen LogP contribution in [0.5, 0.6) is 0 Å². The summed E-state index contributed by atoms with van der Waals surface area (Å²) >= 11 is 3.29. The number of halogens is 1. The van der Waals surface area contributed by atoms with E-state index in [0.717, 1.165) is 0 Å². The summed E-state index contributed by atoms with van der Waals surface area (Å²) in [6, 6.07) is 5.25. The van der Waals surface area contributed by atoms with E-state index in [4.69, 9.17) is 4.74 Å². The third-order valence-corrected chi connectivity index (χ3v) is 2.84. The van der Waals surface area contributed by atoms with Gasteiger partial charge in [-0.15, -0.1) is 0 Å². The average molecular weight is 297 g/mol. The second-order valence-corrected chi connectivity index (χ2v) is 4.06. The zero-order valence-electron chi connectivity index (χ0n) is 9.01. The van der Waals surface area contributed by atoms with E-state index in [0.29, 0.717) is 16.4 Å². The van der Waals surface area contributed by atoms with Crippen LogP contribution in [0.4, 0.5) is 0 Å². The summed E-state index contributed by atoms with van der Waals surface area (Å²) in [6.45, 7) is 1.94. The first-order valence-corrected chi connectivity index (χ1v) is 5.78. The van der Waals surface area contributed by atoms with Gasteiger partial charge < -0.3 is 4.74 Å². The minimum Gasteiger partial charge on any atom is -0.461 e. The molecule has 0 aromatic carbocycles. The number of aromatic nitrogens is 2. The maximum absolute atomic E-state index is 11.6. The Morgan fingerprint density at radius 3 is 3.00 bits per heavy atom. The van der Waals surface area contributed by atoms with Crippen LogP contribution in [0, 0.1) is 0 Å². The Morgan fingerprint density at radius 1 is 1.59 bits per heavy atom. The van der Waals surface area contributed by atoms with Gasteiger partial charge >= 0.3 is 5.97 Å². The van der Waals surface area contributed by atoms with Gasteiger partial charge in [-0.25, -0.2) is 9.31 Å². The molecule has 0 fully saturated rings. The summed E-state index contributed by atoms with van der Waals surface area (Å²) in [5.41, 5.74) is 0.843. The zero-order valence-corrected chi connectivity index (χ0v) is 10.6. The van der Waals surface area contributed by atoms with Crippen molar-refractivity contribution in [2.75, 3.05) is 6.61 Å². The zero-order chi connectivity index (χ0) is 12.4. The van der Waals surface area contributed by atoms with Gasteiger partial charge in [0.1, 0.15) is 4.60 Å². The lowest BCUT2D eigenvalue weighted by molar-refractivity contribution is 0.0517. The van der Waals surface area contributed by atoms with Crippen molar-refractivity contribution in [3.8, 4) is 0 Å². The second kappa shape index (κ2) is 4.67. The molecule has 6 heteroatoms. The number of hydrogen-bond donors (Lipinski definition) is 0. The number of aldehydes is 1. The van der Waals surface area contributed by atoms with Gasteiger partial charge in [-0.2, -0.15) is 5.10 Å². The monoisotopic (exact) mass is 296 g/mol. The van der Waals surface area contributed by atoms with Gasteiger partial charge in [-0.05, 0) is 35.0 Å². The molecule has 0 N–H and O–H groups in total. The second-order valence-electron chi connectivity index (χ2n) is 3.25. The first-order valence-electron chi connectivity index (χ1n) is 4.98. The van der Waals surface area contributed by atoms with Crippen LogP contribution in [0.15, 0.2) is 22.8 Å². The molecule has 17 heavy (non-hydrogen) atoms. The number of carbonyl (C=O) groups excluding carboxylic acids is 2. The van der Waals surface area contributed by atoms with Crippen LogP contribution >= 0.6 is 15.9 Å². The fraction of sp³-hybridized carbons (Fsp3) is 0.182. The quantitative estimate of drug-likeness (QED) is 0.494. The Hall–Kier alpha value is -1.69. The number of hydrogen-bond acceptors (Lipinski definition) is 4. The Labute approximate surface area is 106 Å². The molecule has 0 saturated carbocycles. The van der Waals surface area contributed by atoms with Crippen LogP contribution in [-0.2, 0) is 4.74 Å². The van der Waals surface area contributed by atoms with Crippen molar-refractivity contribution in [3.63, 3.8) is 0 Å². The highest BCUT2D eigenvalue weighted by molar-refractivity contribution is 9.10. The van der Waals surface area contributed by atoms with Gasteiger partial charge in [-0.3, -0.25) is 4.79 Å². The molecule has 0 saturated heterocycles. The minimum atomic E-state index is -0.592. The molecule has 0 aliphatic heterocycles. The Bertz CT molecular complexity index is 592. The molecule has 0 unspecified atom stereocenters. The number of rotatable bonds is 3. The van der Waals surface area contributed by atoms with Gasteiger partial charge in [0.05, 0.1) is 17.7 Å². The fourth-order valence-electron chi connectivity index (χ4n) is 1.52. The molecule has 0 radical (unpaired) electrons. The third-order valence-electron chi connectivity index (χ3n) is 2.24. The van der Waals surface area contributed by atoms with E-state index in [1.807, 2.05) is 0 Å². The summed E-state index contributed by atoms with van der Waals surface area (Å²) in [5.74, 6) is -0.592. The van der Waals surface area contributed by atoms with Crippen molar-refractivity contribution in [2.45, 2.75) is 6.92 Å². The molecule has 2 rings (SSSR count). The lowest BCUT2D eigenvalue weighted by Crippen LogP contribution is -2.07. The van der Waals surface area contributed by atoms with E-state index in [1.54, 1.807) is 25.1 Å². The SMILES string of the molecule is CCOC(=O)c1nn2c(Br)cccc2c1C=O. The highest BCUT2D eigenvalue weighted by Crippen LogP contribution is 2.19. The van der Waals surface area contributed by atoms with E-state index in [-0.39, 0.29) is 17.9 Å². The maximum Gasteiger partial charge on any atom is 0.359 e. The van der Waals surface area contributed by atoms with Gasteiger partial charge in [0.15, 0.2) is 12.0 Å². The Morgan fingerprint density at radius 2 is 2.35 bits per heavy atom. The molecule has 2 heterocycles. The summed E-state index contributed by atoms with van der Waals surface area (Å²) < 4.78 is 6.99. The van der Waals surface area contributed by atoms with Crippen LogP contribution in [0.1, 0.15) is 27.8 Å². The van der Waals surface area contributed by atoms with Crippen molar-refractivity contribution in [2.24, 2.45) is 0 Å². The third kappa shape index (κ3) is 1.95. The van der Waals surface area contributed by atoms with Crippen LogP contribution in [0.2, 0.25) is 0 Å². The fourth-order valence-corrected chi connectivity index (χ4v) is 1.94. The van der Waals surface area contributed by atoms with E-state index in [9.17, 15) is 9.59 Å². The molecule has 0 spiro atoms. The standard InChI is InChI=1S/C11H9BrN2O3/c1-2-17-11(16)10-7(6-15)8-4-3-5-9(12)14(8)13-10/h3-6H,2H2,1H3. The first kappa shape index (κ1) is 11.8. The number of carbonyl (C=O) groups is 2. The number of esters is 1. The maximum atomic E-state index is 11.6. The summed E-state index contributed by atoms with van der Waals surface area (Å²) in [4.78, 5) is 22.7. The van der Waals surface area contributed by atoms with Gasteiger partial charge in [-0.1, -0.05) is 6.07 Å². The van der Waals surface area contributed by atoms with Crippen molar-refractivity contribution in [1.29, 1.82) is 0 Å². The Balaban J connectivity index is 2.68. The van der Waals surface area contributed by atoms with Crippen molar-refractivity contribution >= 4 is 33.7 Å². The van der Waals surface area contributed by atoms with Crippen LogP contribution in [0.25, 0.3) is 5.52 Å². The molecule has 88 valence electrons. The molecule has 0 atom stereocenters. The van der Waals surface area contributed by atoms with Crippen molar-refractivity contribution < 1.29 is 14.3 Å². The average Bonchev–Trinajstić information content (AvgIpc) is 2.69. The van der Waals surface area contributed by atoms with Crippen LogP contribution < -0.4 is 0 Å². The summed E-state index contributed by atoms with van der Waals surface area (Å²) in [6.07, 6.45) is 0.612. The van der Waals surface area contributed by atoms with Gasteiger partial charge in [0, 0.05) is 0 Å². The summed E-state index contributed by atoms with van der Waals surface area (Å²) in [5, 5.41) is 4.07. The van der Waals surface area contributed by atoms with Crippen LogP contribution in [0.3, 0.4) is 0 Å². The van der Waals surface area contributed by atoms with E-state index < -0.39 is 5.97 Å². The van der Waals surface area contributed by atoms with Gasteiger partial charge in [0.2, 0.25) is 0 Å². The van der Waals surface area contributed by atoms with Crippen molar-refractivity contribution in [3.05, 3.63) is 34.1 Å². The molecule has 0 amide bonds. The minimum absolute atomic E-state index is 0.0359. The molecule has 2 aromatic heterocycles. The number of ether oxygens (including phenoxy) is 1.